The molecule has 1 aromatic rings. The molecule has 0 aliphatic heterocycles. The maximum Gasteiger partial charge on any atom is 0.244 e. The van der Waals surface area contributed by atoms with E-state index in [-0.39, 0.29) is 12.0 Å². The Balaban J connectivity index is 2.28. The van der Waals surface area contributed by atoms with Crippen molar-refractivity contribution in [1.29, 1.82) is 0 Å². The predicted molar refractivity (Wildman–Crippen MR) is 74.9 cm³/mol. The van der Waals surface area contributed by atoms with Crippen molar-refractivity contribution in [2.24, 2.45) is 13.0 Å². The van der Waals surface area contributed by atoms with Crippen molar-refractivity contribution in [3.05, 3.63) is 11.4 Å². The predicted octanol–water partition coefficient (Wildman–Crippen LogP) is 1.72. The largest absolute Gasteiger partial charge is 0.271 e. The Morgan fingerprint density at radius 1 is 1.42 bits per heavy atom. The fraction of sp³-hybridized carbons (Fsp3) is 0.750. The van der Waals surface area contributed by atoms with E-state index in [1.807, 2.05) is 0 Å². The minimum atomic E-state index is -3.52. The third kappa shape index (κ3) is 2.80. The van der Waals surface area contributed by atoms with Crippen molar-refractivity contribution in [2.45, 2.75) is 44.0 Å². The average molecular weight is 306 g/mol. The van der Waals surface area contributed by atoms with Crippen molar-refractivity contribution in [3.8, 4) is 0 Å². The van der Waals surface area contributed by atoms with Crippen LogP contribution in [0.4, 0.5) is 0 Å². The lowest BCUT2D eigenvalue weighted by molar-refractivity contribution is 0.480. The summed E-state index contributed by atoms with van der Waals surface area (Å²) >= 11 is 5.89. The molecular weight excluding hydrogens is 286 g/mol. The summed E-state index contributed by atoms with van der Waals surface area (Å²) in [7, 11) is -1.77. The smallest absolute Gasteiger partial charge is 0.244 e. The second-order valence-corrected chi connectivity index (χ2v) is 7.16. The highest BCUT2D eigenvalue weighted by atomic mass is 35.5. The highest BCUT2D eigenvalue weighted by Crippen LogP contribution is 2.29. The Morgan fingerprint density at radius 2 is 2.11 bits per heavy atom. The molecule has 7 heteroatoms. The molecule has 1 heterocycles. The van der Waals surface area contributed by atoms with Crippen LogP contribution in [0.15, 0.2) is 4.90 Å². The van der Waals surface area contributed by atoms with Crippen LogP contribution >= 0.6 is 11.6 Å². The maximum atomic E-state index is 12.5. The third-order valence-corrected chi connectivity index (χ3v) is 6.01. The molecule has 0 amide bonds. The van der Waals surface area contributed by atoms with Gasteiger partial charge in [-0.25, -0.2) is 13.1 Å². The molecule has 1 aliphatic rings. The SMILES string of the molecule is Cc1nn(C)c(C)c1S(=O)(=O)NC1CCCC1CCl. The minimum absolute atomic E-state index is 0.0542. The molecule has 1 aromatic heterocycles. The Morgan fingerprint density at radius 3 is 2.63 bits per heavy atom. The zero-order chi connectivity index (χ0) is 14.2. The molecule has 2 unspecified atom stereocenters. The number of nitrogens with zero attached hydrogens (tertiary/aromatic N) is 2. The zero-order valence-electron chi connectivity index (χ0n) is 11.5. The van der Waals surface area contributed by atoms with Crippen LogP contribution in [0.25, 0.3) is 0 Å². The van der Waals surface area contributed by atoms with Crippen LogP contribution in [0, 0.1) is 19.8 Å². The topological polar surface area (TPSA) is 64.0 Å². The van der Waals surface area contributed by atoms with Crippen LogP contribution in [-0.2, 0) is 17.1 Å². The molecule has 19 heavy (non-hydrogen) atoms. The van der Waals surface area contributed by atoms with Crippen LogP contribution in [0.2, 0.25) is 0 Å². The van der Waals surface area contributed by atoms with Crippen molar-refractivity contribution in [3.63, 3.8) is 0 Å². The third-order valence-electron chi connectivity index (χ3n) is 3.88. The molecular formula is C12H20ClN3O2S. The van der Waals surface area contributed by atoms with Gasteiger partial charge in [0.05, 0.1) is 11.4 Å². The number of hydrogen-bond donors (Lipinski definition) is 1. The molecule has 1 saturated carbocycles. The lowest BCUT2D eigenvalue weighted by atomic mass is 10.1. The van der Waals surface area contributed by atoms with Crippen LogP contribution < -0.4 is 4.72 Å². The first kappa shape index (κ1) is 14.8. The first-order chi connectivity index (χ1) is 8.86. The van der Waals surface area contributed by atoms with Crippen molar-refractivity contribution in [2.75, 3.05) is 5.88 Å². The van der Waals surface area contributed by atoms with Gasteiger partial charge in [-0.1, -0.05) is 6.42 Å². The van der Waals surface area contributed by atoms with E-state index in [4.69, 9.17) is 11.6 Å². The Labute approximate surface area is 119 Å². The molecule has 0 aromatic carbocycles. The molecule has 2 atom stereocenters. The van der Waals surface area contributed by atoms with Crippen LogP contribution in [-0.4, -0.2) is 30.1 Å². The van der Waals surface area contributed by atoms with Gasteiger partial charge in [-0.15, -0.1) is 11.6 Å². The van der Waals surface area contributed by atoms with Crippen molar-refractivity contribution in [1.82, 2.24) is 14.5 Å². The molecule has 0 spiro atoms. The number of hydrogen-bond acceptors (Lipinski definition) is 3. The summed E-state index contributed by atoms with van der Waals surface area (Å²) in [6, 6.07) is -0.0542. The van der Waals surface area contributed by atoms with Gasteiger partial charge < -0.3 is 0 Å². The fourth-order valence-corrected chi connectivity index (χ4v) is 4.92. The van der Waals surface area contributed by atoms with Gasteiger partial charge >= 0.3 is 0 Å². The number of sulfonamides is 1. The van der Waals surface area contributed by atoms with E-state index in [2.05, 4.69) is 9.82 Å². The number of halogens is 1. The monoisotopic (exact) mass is 305 g/mol. The van der Waals surface area contributed by atoms with E-state index >= 15 is 0 Å². The Kier molecular flexibility index (Phi) is 4.23. The number of rotatable bonds is 4. The minimum Gasteiger partial charge on any atom is -0.271 e. The molecule has 0 radical (unpaired) electrons. The molecule has 108 valence electrons. The zero-order valence-corrected chi connectivity index (χ0v) is 13.1. The standard InChI is InChI=1S/C12H20ClN3O2S/c1-8-12(9(2)16(3)14-8)19(17,18)15-11-6-4-5-10(11)7-13/h10-11,15H,4-7H2,1-3H3. The van der Waals surface area contributed by atoms with Gasteiger partial charge in [-0.2, -0.15) is 5.10 Å². The first-order valence-corrected chi connectivity index (χ1v) is 8.47. The van der Waals surface area contributed by atoms with E-state index in [0.717, 1.165) is 19.3 Å². The molecule has 1 aliphatic carbocycles. The van der Waals surface area contributed by atoms with Crippen LogP contribution in [0.1, 0.15) is 30.7 Å². The van der Waals surface area contributed by atoms with E-state index < -0.39 is 10.0 Å². The van der Waals surface area contributed by atoms with Gasteiger partial charge in [0.25, 0.3) is 0 Å². The molecule has 1 N–H and O–H groups in total. The molecule has 1 fully saturated rings. The van der Waals surface area contributed by atoms with E-state index in [1.54, 1.807) is 25.6 Å². The van der Waals surface area contributed by atoms with E-state index in [0.29, 0.717) is 22.2 Å². The molecule has 0 bridgehead atoms. The number of aryl methyl sites for hydroxylation is 2. The van der Waals surface area contributed by atoms with Gasteiger partial charge in [0, 0.05) is 19.0 Å². The summed E-state index contributed by atoms with van der Waals surface area (Å²) in [5.74, 6) is 0.729. The first-order valence-electron chi connectivity index (χ1n) is 6.45. The van der Waals surface area contributed by atoms with Gasteiger partial charge in [0.1, 0.15) is 4.90 Å². The summed E-state index contributed by atoms with van der Waals surface area (Å²) in [5, 5.41) is 4.16. The number of alkyl halides is 1. The summed E-state index contributed by atoms with van der Waals surface area (Å²) < 4.78 is 29.4. The summed E-state index contributed by atoms with van der Waals surface area (Å²) in [6.45, 7) is 3.48. The second kappa shape index (κ2) is 5.42. The Hall–Kier alpha value is -0.590. The van der Waals surface area contributed by atoms with Crippen molar-refractivity contribution >= 4 is 21.6 Å². The van der Waals surface area contributed by atoms with Gasteiger partial charge in [0.2, 0.25) is 10.0 Å². The maximum absolute atomic E-state index is 12.5. The summed E-state index contributed by atoms with van der Waals surface area (Å²) in [4.78, 5) is 0.301. The van der Waals surface area contributed by atoms with Crippen molar-refractivity contribution < 1.29 is 8.42 Å². The second-order valence-electron chi connectivity index (χ2n) is 5.20. The summed E-state index contributed by atoms with van der Waals surface area (Å²) in [5.41, 5.74) is 1.19. The number of nitrogens with one attached hydrogen (secondary N) is 1. The summed E-state index contributed by atoms with van der Waals surface area (Å²) in [6.07, 6.45) is 2.87. The lowest BCUT2D eigenvalue weighted by Gasteiger charge is -2.19. The van der Waals surface area contributed by atoms with Gasteiger partial charge in [-0.05, 0) is 32.6 Å². The van der Waals surface area contributed by atoms with Crippen LogP contribution in [0.3, 0.4) is 0 Å². The molecule has 5 nitrogen and oxygen atoms in total. The highest BCUT2D eigenvalue weighted by molar-refractivity contribution is 7.89. The van der Waals surface area contributed by atoms with Gasteiger partial charge in [0.15, 0.2) is 0 Å². The lowest BCUT2D eigenvalue weighted by Crippen LogP contribution is -2.38. The highest BCUT2D eigenvalue weighted by Gasteiger charge is 2.32. The number of aromatic nitrogens is 2. The van der Waals surface area contributed by atoms with E-state index in [1.165, 1.54) is 0 Å². The molecule has 0 saturated heterocycles. The molecule has 2 rings (SSSR count). The average Bonchev–Trinajstić information content (AvgIpc) is 2.84. The fourth-order valence-electron chi connectivity index (χ4n) is 2.78. The quantitative estimate of drug-likeness (QED) is 0.862. The normalized spacial score (nSPS) is 24.0. The van der Waals surface area contributed by atoms with Crippen LogP contribution in [0.5, 0.6) is 0 Å². The Bertz CT molecular complexity index is 568. The van der Waals surface area contributed by atoms with Gasteiger partial charge in [-0.3, -0.25) is 4.68 Å². The van der Waals surface area contributed by atoms with E-state index in [9.17, 15) is 8.42 Å².